The fraction of sp³-hybridized carbons (Fsp3) is 0.900. The third-order valence-corrected chi connectivity index (χ3v) is 3.06. The number of ether oxygens (including phenoxy) is 1. The topological polar surface area (TPSA) is 54.9 Å². The average Bonchev–Trinajstić information content (AvgIpc) is 2.71. The second kappa shape index (κ2) is 5.32. The van der Waals surface area contributed by atoms with E-state index in [2.05, 4.69) is 10.6 Å². The smallest absolute Gasteiger partial charge is 0.225 e. The third kappa shape index (κ3) is 2.45. The Bertz CT molecular complexity index is 191. The van der Waals surface area contributed by atoms with Gasteiger partial charge < -0.3 is 15.4 Å². The Kier molecular flexibility index (Phi) is 4.35. The number of nitrogens with two attached hydrogens (primary N) is 1. The lowest BCUT2D eigenvalue weighted by Crippen LogP contribution is -2.89. The second-order valence-electron chi connectivity index (χ2n) is 3.93. The summed E-state index contributed by atoms with van der Waals surface area (Å²) in [5, 5.41) is 4.96. The van der Waals surface area contributed by atoms with Gasteiger partial charge in [0.05, 0.1) is 12.5 Å². The number of carbonyl (C=O) groups is 1. The first-order valence-corrected chi connectivity index (χ1v) is 5.28. The van der Waals surface area contributed by atoms with Gasteiger partial charge in [-0.3, -0.25) is 4.79 Å². The van der Waals surface area contributed by atoms with E-state index >= 15 is 0 Å². The standard InChI is InChI=1S/C10H20N2O2/c1-7(10(13)11-2)9(14-3)8-5-4-6-12-8/h7-9,12H,4-6H2,1-3H3,(H,11,13)/p+1/t7?,8-,9?/m0/s1. The van der Waals surface area contributed by atoms with Crippen molar-refractivity contribution < 1.29 is 14.8 Å². The van der Waals surface area contributed by atoms with Gasteiger partial charge in [0.1, 0.15) is 12.1 Å². The van der Waals surface area contributed by atoms with Crippen LogP contribution >= 0.6 is 0 Å². The van der Waals surface area contributed by atoms with Gasteiger partial charge in [-0.25, -0.2) is 0 Å². The van der Waals surface area contributed by atoms with Crippen LogP contribution in [0.3, 0.4) is 0 Å². The van der Waals surface area contributed by atoms with Gasteiger partial charge in [0.2, 0.25) is 5.91 Å². The van der Waals surface area contributed by atoms with E-state index in [4.69, 9.17) is 4.74 Å². The number of nitrogens with one attached hydrogen (secondary N) is 1. The van der Waals surface area contributed by atoms with Crippen molar-refractivity contribution in [3.8, 4) is 0 Å². The van der Waals surface area contributed by atoms with Crippen molar-refractivity contribution >= 4 is 5.91 Å². The number of hydrogen-bond donors (Lipinski definition) is 2. The zero-order valence-corrected chi connectivity index (χ0v) is 9.25. The van der Waals surface area contributed by atoms with Crippen LogP contribution < -0.4 is 10.6 Å². The number of methoxy groups -OCH3 is 1. The lowest BCUT2D eigenvalue weighted by atomic mass is 9.96. The van der Waals surface area contributed by atoms with E-state index < -0.39 is 0 Å². The molecule has 4 nitrogen and oxygen atoms in total. The van der Waals surface area contributed by atoms with Crippen LogP contribution in [0, 0.1) is 5.92 Å². The van der Waals surface area contributed by atoms with Gasteiger partial charge in [0.15, 0.2) is 0 Å². The molecule has 3 N–H and O–H groups in total. The summed E-state index contributed by atoms with van der Waals surface area (Å²) in [4.78, 5) is 11.5. The highest BCUT2D eigenvalue weighted by atomic mass is 16.5. The van der Waals surface area contributed by atoms with Gasteiger partial charge in [-0.2, -0.15) is 0 Å². The summed E-state index contributed by atoms with van der Waals surface area (Å²) in [6, 6.07) is 0.451. The molecule has 0 aromatic carbocycles. The maximum Gasteiger partial charge on any atom is 0.225 e. The molecule has 1 heterocycles. The van der Waals surface area contributed by atoms with Gasteiger partial charge >= 0.3 is 0 Å². The summed E-state index contributed by atoms with van der Waals surface area (Å²) in [5.74, 6) is 0.00139. The summed E-state index contributed by atoms with van der Waals surface area (Å²) >= 11 is 0. The Hall–Kier alpha value is -0.610. The monoisotopic (exact) mass is 201 g/mol. The van der Waals surface area contributed by atoms with E-state index in [1.54, 1.807) is 14.2 Å². The Morgan fingerprint density at radius 2 is 2.36 bits per heavy atom. The Labute approximate surface area is 85.4 Å². The summed E-state index contributed by atoms with van der Waals surface area (Å²) in [6.07, 6.45) is 2.42. The number of carbonyl (C=O) groups excluding carboxylic acids is 1. The Balaban J connectivity index is 2.55. The minimum absolute atomic E-state index is 0.0393. The lowest BCUT2D eigenvalue weighted by molar-refractivity contribution is -0.678. The SMILES string of the molecule is CNC(=O)C(C)C(OC)[C@@H]1CCC[NH2+]1. The highest BCUT2D eigenvalue weighted by molar-refractivity contribution is 5.78. The van der Waals surface area contributed by atoms with Gasteiger partial charge in [-0.05, 0) is 0 Å². The Morgan fingerprint density at radius 1 is 1.64 bits per heavy atom. The lowest BCUT2D eigenvalue weighted by Gasteiger charge is -2.24. The molecule has 0 aromatic rings. The van der Waals surface area contributed by atoms with Crippen LogP contribution in [0.15, 0.2) is 0 Å². The highest BCUT2D eigenvalue weighted by Gasteiger charge is 2.35. The molecular weight excluding hydrogens is 180 g/mol. The predicted octanol–water partition coefficient (Wildman–Crippen LogP) is -0.891. The molecule has 1 aliphatic heterocycles. The maximum absolute atomic E-state index is 11.5. The minimum Gasteiger partial charge on any atom is -0.374 e. The van der Waals surface area contributed by atoms with Crippen molar-refractivity contribution in [1.82, 2.24) is 5.32 Å². The molecular formula is C10H21N2O2+. The van der Waals surface area contributed by atoms with Crippen LogP contribution in [-0.2, 0) is 9.53 Å². The fourth-order valence-corrected chi connectivity index (χ4v) is 2.23. The molecule has 14 heavy (non-hydrogen) atoms. The summed E-state index contributed by atoms with van der Waals surface area (Å²) in [7, 11) is 3.36. The van der Waals surface area contributed by atoms with Gasteiger partial charge in [0, 0.05) is 27.0 Å². The van der Waals surface area contributed by atoms with Crippen LogP contribution in [0.1, 0.15) is 19.8 Å². The minimum atomic E-state index is -0.0654. The van der Waals surface area contributed by atoms with Crippen molar-refractivity contribution in [2.75, 3.05) is 20.7 Å². The van der Waals surface area contributed by atoms with Crippen LogP contribution in [0.25, 0.3) is 0 Å². The van der Waals surface area contributed by atoms with E-state index in [0.717, 1.165) is 13.0 Å². The van der Waals surface area contributed by atoms with E-state index in [9.17, 15) is 4.79 Å². The molecule has 1 rings (SSSR count). The molecule has 1 amide bonds. The van der Waals surface area contributed by atoms with Crippen molar-refractivity contribution in [2.24, 2.45) is 5.92 Å². The van der Waals surface area contributed by atoms with Crippen molar-refractivity contribution in [3.63, 3.8) is 0 Å². The molecule has 4 heteroatoms. The molecule has 1 saturated heterocycles. The van der Waals surface area contributed by atoms with Gasteiger partial charge in [-0.15, -0.1) is 0 Å². The van der Waals surface area contributed by atoms with Gasteiger partial charge in [-0.1, -0.05) is 6.92 Å². The molecule has 0 aliphatic carbocycles. The number of hydrogen-bond acceptors (Lipinski definition) is 2. The molecule has 0 bridgehead atoms. The van der Waals surface area contributed by atoms with E-state index in [1.165, 1.54) is 6.42 Å². The number of amides is 1. The summed E-state index contributed by atoms with van der Waals surface area (Å²) in [5.41, 5.74) is 0. The van der Waals surface area contributed by atoms with Crippen LogP contribution in [0.4, 0.5) is 0 Å². The average molecular weight is 201 g/mol. The first-order valence-electron chi connectivity index (χ1n) is 5.28. The molecule has 2 unspecified atom stereocenters. The Morgan fingerprint density at radius 3 is 2.79 bits per heavy atom. The molecule has 1 aliphatic rings. The van der Waals surface area contributed by atoms with E-state index in [-0.39, 0.29) is 17.9 Å². The number of quaternary nitrogens is 1. The van der Waals surface area contributed by atoms with Crippen LogP contribution in [0.2, 0.25) is 0 Å². The normalized spacial score (nSPS) is 25.8. The van der Waals surface area contributed by atoms with E-state index in [1.807, 2.05) is 6.92 Å². The summed E-state index contributed by atoms with van der Waals surface area (Å²) in [6.45, 7) is 3.09. The third-order valence-electron chi connectivity index (χ3n) is 3.06. The molecule has 1 fully saturated rings. The first-order chi connectivity index (χ1) is 6.70. The zero-order chi connectivity index (χ0) is 10.6. The number of rotatable bonds is 4. The molecule has 3 atom stereocenters. The largest absolute Gasteiger partial charge is 0.374 e. The predicted molar refractivity (Wildman–Crippen MR) is 53.8 cm³/mol. The molecule has 0 spiro atoms. The second-order valence-corrected chi connectivity index (χ2v) is 3.93. The van der Waals surface area contributed by atoms with Gasteiger partial charge in [0.25, 0.3) is 0 Å². The molecule has 0 saturated carbocycles. The summed E-state index contributed by atoms with van der Waals surface area (Å²) < 4.78 is 5.43. The quantitative estimate of drug-likeness (QED) is 0.620. The van der Waals surface area contributed by atoms with Crippen LogP contribution in [-0.4, -0.2) is 38.8 Å². The molecule has 0 radical (unpaired) electrons. The highest BCUT2D eigenvalue weighted by Crippen LogP contribution is 2.14. The maximum atomic E-state index is 11.5. The molecule has 82 valence electrons. The first kappa shape index (κ1) is 11.5. The van der Waals surface area contributed by atoms with Crippen molar-refractivity contribution in [2.45, 2.75) is 31.9 Å². The fourth-order valence-electron chi connectivity index (χ4n) is 2.23. The van der Waals surface area contributed by atoms with Crippen molar-refractivity contribution in [1.29, 1.82) is 0 Å². The van der Waals surface area contributed by atoms with Crippen LogP contribution in [0.5, 0.6) is 0 Å². The zero-order valence-electron chi connectivity index (χ0n) is 9.25. The molecule has 0 aromatic heterocycles. The van der Waals surface area contributed by atoms with Crippen molar-refractivity contribution in [3.05, 3.63) is 0 Å². The van der Waals surface area contributed by atoms with E-state index in [0.29, 0.717) is 6.04 Å².